The van der Waals surface area contributed by atoms with Crippen LogP contribution in [0, 0.1) is 0 Å². The predicted molar refractivity (Wildman–Crippen MR) is 158 cm³/mol. The Labute approximate surface area is 286 Å². The molecule has 0 aromatic heterocycles. The zero-order valence-electron chi connectivity index (χ0n) is 27.5. The Morgan fingerprint density at radius 3 is 1.80 bits per heavy atom. The fourth-order valence-electron chi connectivity index (χ4n) is 6.03. The summed E-state index contributed by atoms with van der Waals surface area (Å²) in [5, 5.41) is 115. The molecule has 4 aliphatic heterocycles. The van der Waals surface area contributed by atoms with Crippen LogP contribution in [-0.2, 0) is 42.7 Å². The number of aliphatic hydroxyl groups excluding tert-OH is 10. The lowest BCUT2D eigenvalue weighted by molar-refractivity contribution is -0.387. The predicted octanol–water partition coefficient (Wildman–Crippen LogP) is -6.45. The van der Waals surface area contributed by atoms with Crippen molar-refractivity contribution in [2.45, 2.75) is 156 Å². The third-order valence-corrected chi connectivity index (χ3v) is 9.19. The van der Waals surface area contributed by atoms with E-state index in [-0.39, 0.29) is 6.61 Å². The third-order valence-electron chi connectivity index (χ3n) is 9.19. The van der Waals surface area contributed by atoms with E-state index < -0.39 is 135 Å². The molecule has 0 bridgehead atoms. The number of ether oxygens (including phenoxy) is 8. The molecule has 0 spiro atoms. The van der Waals surface area contributed by atoms with Gasteiger partial charge in [0.1, 0.15) is 79.4 Å². The minimum atomic E-state index is -2.00. The largest absolute Gasteiger partial charge is 0.479 e. The molecule has 0 amide bonds. The number of hydrogen-bond donors (Lipinski definition) is 12. The van der Waals surface area contributed by atoms with Gasteiger partial charge in [0.2, 0.25) is 0 Å². The standard InChI is InChI=1S/C29H51NO20/c1-9-12(31)17(36)24(29(46-9)48-22-13(32)10(2)45-27(21(22)40)43-7-5-3-4-6-30)50-28-20(39)15(34)14(33)11(47-28)8-44-26-19(38)16(35)18(37)23(49-26)25(41)42/h9-24,26-29,31-40H,3-8,30H2,1-2H3,(H,41,42)/t9-,10-,11+,12-,13-,14+,15-,16-,17+,18-,19+,20+,21+,22+,23-,24+,26-,27+,28+,29-/m0/s1. The molecule has 0 unspecified atom stereocenters. The minimum absolute atomic E-state index is 0.204. The molecule has 21 heteroatoms. The number of aliphatic carboxylic acids is 1. The van der Waals surface area contributed by atoms with Gasteiger partial charge < -0.3 is 99.8 Å². The zero-order valence-corrected chi connectivity index (χ0v) is 27.5. The lowest BCUT2D eigenvalue weighted by Crippen LogP contribution is -2.66. The van der Waals surface area contributed by atoms with Crippen molar-refractivity contribution in [2.75, 3.05) is 19.8 Å². The fraction of sp³-hybridized carbons (Fsp3) is 0.966. The normalized spacial score (nSPS) is 48.7. The highest BCUT2D eigenvalue weighted by atomic mass is 16.8. The summed E-state index contributed by atoms with van der Waals surface area (Å²) in [6, 6.07) is 0. The summed E-state index contributed by atoms with van der Waals surface area (Å²) in [6.07, 6.45) is -31.4. The van der Waals surface area contributed by atoms with Crippen LogP contribution in [-0.4, -0.2) is 205 Å². The quantitative estimate of drug-likeness (QED) is 0.0738. The molecule has 4 fully saturated rings. The Hall–Kier alpha value is -1.29. The number of aliphatic hydroxyl groups is 10. The van der Waals surface area contributed by atoms with Crippen LogP contribution in [0.15, 0.2) is 0 Å². The van der Waals surface area contributed by atoms with Crippen LogP contribution in [0.1, 0.15) is 33.1 Å². The number of carboxylic acids is 1. The van der Waals surface area contributed by atoms with Gasteiger partial charge in [0.25, 0.3) is 0 Å². The van der Waals surface area contributed by atoms with E-state index >= 15 is 0 Å². The lowest BCUT2D eigenvalue weighted by atomic mass is 9.96. The Morgan fingerprint density at radius 1 is 0.560 bits per heavy atom. The molecule has 20 atom stereocenters. The summed E-state index contributed by atoms with van der Waals surface area (Å²) in [6.45, 7) is 2.86. The number of hydrogen-bond acceptors (Lipinski definition) is 20. The first-order valence-corrected chi connectivity index (χ1v) is 16.5. The second kappa shape index (κ2) is 18.2. The lowest BCUT2D eigenvalue weighted by Gasteiger charge is -2.48. The highest BCUT2D eigenvalue weighted by Gasteiger charge is 2.54. The minimum Gasteiger partial charge on any atom is -0.479 e. The van der Waals surface area contributed by atoms with E-state index in [0.717, 1.165) is 12.8 Å². The van der Waals surface area contributed by atoms with Gasteiger partial charge >= 0.3 is 5.97 Å². The number of nitrogens with two attached hydrogens (primary N) is 1. The van der Waals surface area contributed by atoms with Crippen molar-refractivity contribution in [1.82, 2.24) is 0 Å². The molecule has 13 N–H and O–H groups in total. The molecule has 0 saturated carbocycles. The number of carboxylic acid groups (broad SMARTS) is 1. The van der Waals surface area contributed by atoms with Gasteiger partial charge in [-0.25, -0.2) is 4.79 Å². The topological polar surface area (TPSA) is 339 Å². The average molecular weight is 734 g/mol. The van der Waals surface area contributed by atoms with Gasteiger partial charge in [-0.3, -0.25) is 0 Å². The van der Waals surface area contributed by atoms with Crippen LogP contribution in [0.5, 0.6) is 0 Å². The monoisotopic (exact) mass is 733 g/mol. The molecule has 0 aliphatic carbocycles. The fourth-order valence-corrected chi connectivity index (χ4v) is 6.03. The van der Waals surface area contributed by atoms with Crippen molar-refractivity contribution in [1.29, 1.82) is 0 Å². The van der Waals surface area contributed by atoms with Crippen molar-refractivity contribution >= 4 is 5.97 Å². The van der Waals surface area contributed by atoms with Gasteiger partial charge in [0.05, 0.1) is 18.8 Å². The van der Waals surface area contributed by atoms with E-state index in [1.165, 1.54) is 13.8 Å². The van der Waals surface area contributed by atoms with Gasteiger partial charge in [-0.2, -0.15) is 0 Å². The second-order valence-corrected chi connectivity index (χ2v) is 12.9. The Morgan fingerprint density at radius 2 is 1.14 bits per heavy atom. The SMILES string of the molecule is C[C@@H]1O[C@@H](O[C@@H]2[C@@H](O)[C@H](C)O[C@@H](OCCCCCN)[C@@H]2O)[C@H](O[C@H]2O[C@H](CO[C@H]3O[C@H](C(=O)O)[C@@H](O)[C@H](O)[C@H]3O)[C@@H](O)[C@H](O)[C@H]2O)[C@H](O)[C@H]1O. The number of rotatable bonds is 14. The molecular weight excluding hydrogens is 682 g/mol. The van der Waals surface area contributed by atoms with Crippen LogP contribution >= 0.6 is 0 Å². The summed E-state index contributed by atoms with van der Waals surface area (Å²) < 4.78 is 44.7. The molecule has 0 aromatic rings. The Kier molecular flexibility index (Phi) is 15.1. The van der Waals surface area contributed by atoms with Crippen molar-refractivity contribution in [3.63, 3.8) is 0 Å². The molecule has 4 aliphatic rings. The summed E-state index contributed by atoms with van der Waals surface area (Å²) >= 11 is 0. The van der Waals surface area contributed by atoms with Crippen LogP contribution in [0.25, 0.3) is 0 Å². The molecule has 50 heavy (non-hydrogen) atoms. The summed E-state index contributed by atoms with van der Waals surface area (Å²) in [5.74, 6) is -1.67. The molecular formula is C29H51NO20. The summed E-state index contributed by atoms with van der Waals surface area (Å²) in [5.41, 5.74) is 5.51. The van der Waals surface area contributed by atoms with E-state index in [1.807, 2.05) is 0 Å². The summed E-state index contributed by atoms with van der Waals surface area (Å²) in [7, 11) is 0. The highest BCUT2D eigenvalue weighted by molar-refractivity contribution is 5.73. The molecule has 0 radical (unpaired) electrons. The average Bonchev–Trinajstić information content (AvgIpc) is 3.08. The maximum absolute atomic E-state index is 11.4. The molecule has 4 heterocycles. The van der Waals surface area contributed by atoms with Crippen molar-refractivity contribution in [2.24, 2.45) is 5.73 Å². The first-order chi connectivity index (χ1) is 23.6. The molecule has 21 nitrogen and oxygen atoms in total. The zero-order chi connectivity index (χ0) is 37.0. The molecule has 292 valence electrons. The van der Waals surface area contributed by atoms with Crippen LogP contribution in [0.3, 0.4) is 0 Å². The van der Waals surface area contributed by atoms with E-state index in [9.17, 15) is 61.0 Å². The Balaban J connectivity index is 1.46. The molecule has 4 saturated heterocycles. The van der Waals surface area contributed by atoms with E-state index in [0.29, 0.717) is 13.0 Å². The van der Waals surface area contributed by atoms with Gasteiger partial charge in [-0.05, 0) is 39.7 Å². The van der Waals surface area contributed by atoms with Crippen LogP contribution < -0.4 is 5.73 Å². The Bertz CT molecular complexity index is 1060. The van der Waals surface area contributed by atoms with Crippen molar-refractivity contribution < 1.29 is 98.9 Å². The van der Waals surface area contributed by atoms with E-state index in [4.69, 9.17) is 43.6 Å². The van der Waals surface area contributed by atoms with Gasteiger partial charge in [-0.1, -0.05) is 0 Å². The molecule has 4 rings (SSSR count). The first kappa shape index (κ1) is 41.5. The first-order valence-electron chi connectivity index (χ1n) is 16.5. The highest BCUT2D eigenvalue weighted by Crippen LogP contribution is 2.33. The van der Waals surface area contributed by atoms with Crippen molar-refractivity contribution in [3.8, 4) is 0 Å². The third kappa shape index (κ3) is 9.25. The number of carbonyl (C=O) groups is 1. The van der Waals surface area contributed by atoms with Crippen molar-refractivity contribution in [3.05, 3.63) is 0 Å². The van der Waals surface area contributed by atoms with E-state index in [2.05, 4.69) is 0 Å². The van der Waals surface area contributed by atoms with E-state index in [1.54, 1.807) is 0 Å². The summed E-state index contributed by atoms with van der Waals surface area (Å²) in [4.78, 5) is 11.4. The van der Waals surface area contributed by atoms with Gasteiger partial charge in [-0.15, -0.1) is 0 Å². The van der Waals surface area contributed by atoms with Gasteiger partial charge in [0, 0.05) is 6.61 Å². The maximum Gasteiger partial charge on any atom is 0.335 e. The van der Waals surface area contributed by atoms with Crippen LogP contribution in [0.4, 0.5) is 0 Å². The van der Waals surface area contributed by atoms with Crippen LogP contribution in [0.2, 0.25) is 0 Å². The number of unbranched alkanes of at least 4 members (excludes halogenated alkanes) is 2. The smallest absolute Gasteiger partial charge is 0.335 e. The maximum atomic E-state index is 11.4. The second-order valence-electron chi connectivity index (χ2n) is 12.9. The van der Waals surface area contributed by atoms with Gasteiger partial charge in [0.15, 0.2) is 31.3 Å². The molecule has 0 aromatic carbocycles.